The third kappa shape index (κ3) is 4.34. The molecule has 0 amide bonds. The first-order chi connectivity index (χ1) is 12.7. The van der Waals surface area contributed by atoms with Gasteiger partial charge in [-0.05, 0) is 42.0 Å². The fraction of sp³-hybridized carbons (Fsp3) is 0.176. The second-order valence-electron chi connectivity index (χ2n) is 5.77. The molecular formula is C17H15F3N4O2S. The number of nitrogens with zero attached hydrogens (tertiary/aromatic N) is 3. The number of hydrogen-bond acceptors (Lipinski definition) is 4. The Morgan fingerprint density at radius 2 is 1.81 bits per heavy atom. The smallest absolute Gasteiger partial charge is 0.268 e. The number of hydrogen-bond donors (Lipinski definition) is 1. The first kappa shape index (κ1) is 19.1. The van der Waals surface area contributed by atoms with Crippen LogP contribution in [-0.4, -0.2) is 23.2 Å². The normalized spacial score (nSPS) is 12.3. The monoisotopic (exact) mass is 396 g/mol. The molecule has 0 unspecified atom stereocenters. The van der Waals surface area contributed by atoms with Crippen LogP contribution in [-0.2, 0) is 29.8 Å². The Labute approximate surface area is 153 Å². The Hall–Kier alpha value is -2.72. The molecule has 2 heterocycles. The highest BCUT2D eigenvalue weighted by atomic mass is 32.2. The third-order valence-corrected chi connectivity index (χ3v) is 5.29. The predicted molar refractivity (Wildman–Crippen MR) is 91.9 cm³/mol. The van der Waals surface area contributed by atoms with Crippen LogP contribution in [0.25, 0.3) is 11.3 Å². The highest BCUT2D eigenvalue weighted by Gasteiger charge is 2.30. The van der Waals surface area contributed by atoms with Crippen LogP contribution < -0.4 is 4.72 Å². The zero-order valence-corrected chi connectivity index (χ0v) is 14.9. The van der Waals surface area contributed by atoms with Crippen molar-refractivity contribution in [1.29, 1.82) is 0 Å². The summed E-state index contributed by atoms with van der Waals surface area (Å²) in [6, 6.07) is 6.88. The molecule has 10 heteroatoms. The van der Waals surface area contributed by atoms with Crippen LogP contribution >= 0.6 is 0 Å². The zero-order chi connectivity index (χ0) is 19.7. The molecule has 27 heavy (non-hydrogen) atoms. The maximum absolute atomic E-state index is 12.6. The number of nitrogens with one attached hydrogen (secondary N) is 1. The number of benzene rings is 1. The average Bonchev–Trinajstić information content (AvgIpc) is 3.06. The molecule has 1 N–H and O–H groups in total. The predicted octanol–water partition coefficient (Wildman–Crippen LogP) is 2.98. The summed E-state index contributed by atoms with van der Waals surface area (Å²) in [5.74, 6) is 0. The van der Waals surface area contributed by atoms with Gasteiger partial charge >= 0.3 is 6.18 Å². The van der Waals surface area contributed by atoms with Crippen LogP contribution in [0.5, 0.6) is 0 Å². The van der Waals surface area contributed by atoms with E-state index in [2.05, 4.69) is 14.8 Å². The summed E-state index contributed by atoms with van der Waals surface area (Å²) in [6.07, 6.45) is 0.253. The van der Waals surface area contributed by atoms with Gasteiger partial charge in [0.05, 0.1) is 16.2 Å². The van der Waals surface area contributed by atoms with Crippen molar-refractivity contribution in [2.75, 3.05) is 0 Å². The Kier molecular flexibility index (Phi) is 5.03. The minimum absolute atomic E-state index is 0.0535. The molecule has 0 saturated carbocycles. The molecule has 6 nitrogen and oxygen atoms in total. The summed E-state index contributed by atoms with van der Waals surface area (Å²) in [5.41, 5.74) is 1.27. The highest BCUT2D eigenvalue weighted by molar-refractivity contribution is 7.89. The van der Waals surface area contributed by atoms with Crippen LogP contribution in [0.15, 0.2) is 59.9 Å². The van der Waals surface area contributed by atoms with Gasteiger partial charge in [0.1, 0.15) is 0 Å². The van der Waals surface area contributed by atoms with E-state index in [9.17, 15) is 21.6 Å². The molecule has 0 spiro atoms. The lowest BCUT2D eigenvalue weighted by Crippen LogP contribution is -2.23. The quantitative estimate of drug-likeness (QED) is 0.719. The van der Waals surface area contributed by atoms with E-state index in [0.717, 1.165) is 35.5 Å². The minimum atomic E-state index is -4.52. The summed E-state index contributed by atoms with van der Waals surface area (Å²) in [4.78, 5) is 3.85. The first-order valence-electron chi connectivity index (χ1n) is 7.76. The minimum Gasteiger partial charge on any atom is -0.268 e. The Balaban J connectivity index is 1.75. The van der Waals surface area contributed by atoms with Gasteiger partial charge in [0.2, 0.25) is 10.0 Å². The maximum Gasteiger partial charge on any atom is 0.416 e. The second kappa shape index (κ2) is 7.12. The standard InChI is InChI=1S/C17H15F3N4O2S/c1-24-16(6-7-22-24)13-8-12(9-21-11-13)10-23-27(25,26)15-4-2-14(3-5-15)17(18,19)20/h2-9,11,23H,10H2,1H3. The molecule has 3 rings (SSSR count). The maximum atomic E-state index is 12.6. The molecule has 1 aromatic carbocycles. The Morgan fingerprint density at radius 3 is 2.41 bits per heavy atom. The molecule has 0 aliphatic rings. The van der Waals surface area contributed by atoms with Crippen molar-refractivity contribution >= 4 is 10.0 Å². The van der Waals surface area contributed by atoms with Crippen LogP contribution in [0.4, 0.5) is 13.2 Å². The van der Waals surface area contributed by atoms with Gasteiger partial charge in [-0.1, -0.05) is 0 Å². The third-order valence-electron chi connectivity index (χ3n) is 3.87. The van der Waals surface area contributed by atoms with Gasteiger partial charge in [0, 0.05) is 37.7 Å². The van der Waals surface area contributed by atoms with Crippen LogP contribution in [0.3, 0.4) is 0 Å². The van der Waals surface area contributed by atoms with Crippen molar-refractivity contribution in [3.8, 4) is 11.3 Å². The van der Waals surface area contributed by atoms with E-state index < -0.39 is 21.8 Å². The van der Waals surface area contributed by atoms with Gasteiger partial charge in [-0.25, -0.2) is 13.1 Å². The molecule has 142 valence electrons. The van der Waals surface area contributed by atoms with Crippen molar-refractivity contribution in [2.24, 2.45) is 7.05 Å². The lowest BCUT2D eigenvalue weighted by Gasteiger charge is -2.10. The van der Waals surface area contributed by atoms with Crippen LogP contribution in [0, 0.1) is 0 Å². The van der Waals surface area contributed by atoms with E-state index in [1.807, 2.05) is 0 Å². The molecule has 0 fully saturated rings. The second-order valence-corrected chi connectivity index (χ2v) is 7.54. The summed E-state index contributed by atoms with van der Waals surface area (Å²) in [5, 5.41) is 4.07. The molecular weight excluding hydrogens is 381 g/mol. The molecule has 0 atom stereocenters. The fourth-order valence-corrected chi connectivity index (χ4v) is 3.48. The zero-order valence-electron chi connectivity index (χ0n) is 14.1. The molecule has 3 aromatic rings. The van der Waals surface area contributed by atoms with E-state index >= 15 is 0 Å². The number of pyridine rings is 1. The van der Waals surface area contributed by atoms with E-state index in [-0.39, 0.29) is 11.4 Å². The highest BCUT2D eigenvalue weighted by Crippen LogP contribution is 2.29. The number of alkyl halides is 3. The van der Waals surface area contributed by atoms with Crippen LogP contribution in [0.1, 0.15) is 11.1 Å². The van der Waals surface area contributed by atoms with E-state index in [1.54, 1.807) is 36.3 Å². The Morgan fingerprint density at radius 1 is 1.11 bits per heavy atom. The Bertz CT molecular complexity index is 1040. The summed E-state index contributed by atoms with van der Waals surface area (Å²) in [7, 11) is -2.19. The fourth-order valence-electron chi connectivity index (χ4n) is 2.47. The number of rotatable bonds is 5. The number of sulfonamides is 1. The first-order valence-corrected chi connectivity index (χ1v) is 9.24. The molecule has 0 aliphatic carbocycles. The lowest BCUT2D eigenvalue weighted by molar-refractivity contribution is -0.137. The molecule has 0 aliphatic heterocycles. The van der Waals surface area contributed by atoms with Crippen LogP contribution in [0.2, 0.25) is 0 Å². The average molecular weight is 396 g/mol. The van der Waals surface area contributed by atoms with Gasteiger partial charge in [0.15, 0.2) is 0 Å². The van der Waals surface area contributed by atoms with E-state index in [4.69, 9.17) is 0 Å². The number of aryl methyl sites for hydroxylation is 1. The van der Waals surface area contributed by atoms with E-state index in [1.165, 1.54) is 6.20 Å². The largest absolute Gasteiger partial charge is 0.416 e. The molecule has 0 saturated heterocycles. The van der Waals surface area contributed by atoms with Gasteiger partial charge < -0.3 is 0 Å². The van der Waals surface area contributed by atoms with Gasteiger partial charge in [-0.3, -0.25) is 9.67 Å². The topological polar surface area (TPSA) is 76.9 Å². The van der Waals surface area contributed by atoms with Crippen molar-refractivity contribution in [3.63, 3.8) is 0 Å². The van der Waals surface area contributed by atoms with Crippen molar-refractivity contribution in [3.05, 3.63) is 66.1 Å². The van der Waals surface area contributed by atoms with Gasteiger partial charge in [-0.15, -0.1) is 0 Å². The summed E-state index contributed by atoms with van der Waals surface area (Å²) in [6.45, 7) is -0.0535. The summed E-state index contributed by atoms with van der Waals surface area (Å²) >= 11 is 0. The van der Waals surface area contributed by atoms with Gasteiger partial charge in [0.25, 0.3) is 0 Å². The van der Waals surface area contributed by atoms with Crippen molar-refractivity contribution < 1.29 is 21.6 Å². The van der Waals surface area contributed by atoms with Crippen molar-refractivity contribution in [1.82, 2.24) is 19.5 Å². The molecule has 0 bridgehead atoms. The number of aromatic nitrogens is 3. The SMILES string of the molecule is Cn1nccc1-c1cncc(CNS(=O)(=O)c2ccc(C(F)(F)F)cc2)c1. The number of halogens is 3. The lowest BCUT2D eigenvalue weighted by atomic mass is 10.1. The molecule has 2 aromatic heterocycles. The summed E-state index contributed by atoms with van der Waals surface area (Å²) < 4.78 is 66.4. The molecule has 0 radical (unpaired) electrons. The van der Waals surface area contributed by atoms with E-state index in [0.29, 0.717) is 5.56 Å². The van der Waals surface area contributed by atoms with Crippen molar-refractivity contribution in [2.45, 2.75) is 17.6 Å². The van der Waals surface area contributed by atoms with Gasteiger partial charge in [-0.2, -0.15) is 18.3 Å².